The van der Waals surface area contributed by atoms with Crippen LogP contribution in [0.3, 0.4) is 0 Å². The molecule has 5 heteroatoms. The smallest absolute Gasteiger partial charge is 0.148 e. The zero-order valence-electron chi connectivity index (χ0n) is 40.8. The molecule has 1 aliphatic heterocycles. The van der Waals surface area contributed by atoms with E-state index < -0.39 is 0 Å². The zero-order chi connectivity index (χ0) is 49.4. The number of anilines is 9. The Morgan fingerprint density at radius 1 is 0.307 bits per heavy atom. The van der Waals surface area contributed by atoms with Gasteiger partial charge in [0.25, 0.3) is 0 Å². The first-order valence-corrected chi connectivity index (χ1v) is 26.4. The molecule has 0 saturated carbocycles. The number of benzene rings is 12. The largest absolute Gasteiger partial charge is 0.310 e. The van der Waals surface area contributed by atoms with Gasteiger partial charge in [-0.2, -0.15) is 0 Å². The number of hydrogen-bond donors (Lipinski definition) is 0. The first-order valence-electron chi connectivity index (χ1n) is 25.6. The molecule has 15 rings (SSSR count). The molecule has 0 unspecified atom stereocenters. The summed E-state index contributed by atoms with van der Waals surface area (Å²) in [6, 6.07) is 102. The van der Waals surface area contributed by atoms with E-state index in [-0.39, 0.29) is 0 Å². The van der Waals surface area contributed by atoms with Crippen LogP contribution in [-0.4, -0.2) is 4.57 Å². The number of rotatable bonds is 8. The Bertz CT molecular complexity index is 4480. The van der Waals surface area contributed by atoms with Crippen molar-refractivity contribution in [2.24, 2.45) is 0 Å². The van der Waals surface area contributed by atoms with E-state index in [1.165, 1.54) is 47.1 Å². The van der Waals surface area contributed by atoms with Crippen molar-refractivity contribution < 1.29 is 0 Å². The molecule has 14 aromatic rings. The predicted octanol–water partition coefficient (Wildman–Crippen LogP) is 20.4. The molecule has 0 saturated heterocycles. The number of nitrogens with zero attached hydrogens (tertiary/aromatic N) is 4. The maximum absolute atomic E-state index is 2.50. The van der Waals surface area contributed by atoms with E-state index >= 15 is 0 Å². The molecule has 0 bridgehead atoms. The Balaban J connectivity index is 0.878. The molecule has 4 nitrogen and oxygen atoms in total. The van der Waals surface area contributed by atoms with Crippen LogP contribution in [0.4, 0.5) is 51.3 Å². The first kappa shape index (κ1) is 43.0. The molecule has 0 N–H and O–H groups in total. The van der Waals surface area contributed by atoms with E-state index in [9.17, 15) is 0 Å². The van der Waals surface area contributed by atoms with E-state index in [2.05, 4.69) is 298 Å². The summed E-state index contributed by atoms with van der Waals surface area (Å²) in [6.45, 7) is 0. The first-order chi connectivity index (χ1) is 37.2. The van der Waals surface area contributed by atoms with Crippen molar-refractivity contribution in [1.29, 1.82) is 0 Å². The summed E-state index contributed by atoms with van der Waals surface area (Å²) in [6.07, 6.45) is 0. The second kappa shape index (κ2) is 17.5. The molecule has 75 heavy (non-hydrogen) atoms. The second-order valence-electron chi connectivity index (χ2n) is 19.3. The molecule has 0 amide bonds. The monoisotopic (exact) mass is 974 g/mol. The van der Waals surface area contributed by atoms with Crippen molar-refractivity contribution >= 4 is 115 Å². The Kier molecular flexibility index (Phi) is 10.0. The third kappa shape index (κ3) is 7.04. The standard InChI is InChI=1S/C70H46N4S/c1-4-21-52(22-5-1)72-64-31-14-12-29-62(64)69-70(72)73(53-23-6-2-7-24-53)65-32-17-30-60(68(65)74(69)54-25-8-3-9-26-54)50-20-16-19-49(44-50)47-36-38-55(39-37-47)71(57-41-43-67-63(46-57)61-28-13-15-33-66(61)75-67)56-40-42-59-51(45-56)35-34-48-18-10-11-27-58(48)59/h1-46H. The van der Waals surface area contributed by atoms with Gasteiger partial charge in [-0.15, -0.1) is 11.3 Å². The van der Waals surface area contributed by atoms with Crippen LogP contribution in [0, 0.1) is 0 Å². The summed E-state index contributed by atoms with van der Waals surface area (Å²) in [7, 11) is 0. The number of fused-ring (bicyclic) bond motifs is 10. The molecule has 1 aliphatic rings. The minimum atomic E-state index is 1.09. The van der Waals surface area contributed by atoms with Crippen LogP contribution < -0.4 is 14.7 Å². The van der Waals surface area contributed by atoms with Crippen LogP contribution in [-0.2, 0) is 0 Å². The van der Waals surface area contributed by atoms with Crippen LogP contribution in [0.25, 0.3) is 80.6 Å². The average molecular weight is 975 g/mol. The highest BCUT2D eigenvalue weighted by atomic mass is 32.1. The van der Waals surface area contributed by atoms with Crippen molar-refractivity contribution in [3.8, 4) is 27.9 Å². The van der Waals surface area contributed by atoms with Crippen molar-refractivity contribution in [3.05, 3.63) is 279 Å². The average Bonchev–Trinajstić information content (AvgIpc) is 4.14. The van der Waals surface area contributed by atoms with Crippen molar-refractivity contribution in [2.45, 2.75) is 0 Å². The maximum atomic E-state index is 2.50. The van der Waals surface area contributed by atoms with Gasteiger partial charge in [0.2, 0.25) is 0 Å². The highest BCUT2D eigenvalue weighted by Crippen LogP contribution is 2.60. The molecule has 0 spiro atoms. The summed E-state index contributed by atoms with van der Waals surface area (Å²) in [5.74, 6) is 1.09. The van der Waals surface area contributed by atoms with Crippen LogP contribution in [0.5, 0.6) is 0 Å². The fourth-order valence-corrected chi connectivity index (χ4v) is 12.7. The fourth-order valence-electron chi connectivity index (χ4n) is 11.7. The zero-order valence-corrected chi connectivity index (χ0v) is 41.6. The lowest BCUT2D eigenvalue weighted by Gasteiger charge is -2.40. The van der Waals surface area contributed by atoms with E-state index in [0.29, 0.717) is 0 Å². The Morgan fingerprint density at radius 2 is 0.893 bits per heavy atom. The summed E-state index contributed by atoms with van der Waals surface area (Å²) in [5, 5.41) is 8.72. The lowest BCUT2D eigenvalue weighted by Crippen LogP contribution is -2.25. The van der Waals surface area contributed by atoms with Gasteiger partial charge in [-0.05, 0) is 141 Å². The van der Waals surface area contributed by atoms with Gasteiger partial charge >= 0.3 is 0 Å². The fraction of sp³-hybridized carbons (Fsp3) is 0. The molecule has 0 fully saturated rings. The summed E-state index contributed by atoms with van der Waals surface area (Å²) < 4.78 is 5.02. The van der Waals surface area contributed by atoms with Gasteiger partial charge in [-0.1, -0.05) is 176 Å². The minimum Gasteiger partial charge on any atom is -0.310 e. The van der Waals surface area contributed by atoms with Crippen molar-refractivity contribution in [1.82, 2.24) is 4.57 Å². The van der Waals surface area contributed by atoms with E-state index in [1.807, 2.05) is 11.3 Å². The summed E-state index contributed by atoms with van der Waals surface area (Å²) >= 11 is 1.85. The molecule has 12 aromatic carbocycles. The molecule has 0 radical (unpaired) electrons. The normalized spacial score (nSPS) is 12.2. The van der Waals surface area contributed by atoms with Crippen LogP contribution in [0.1, 0.15) is 0 Å². The van der Waals surface area contributed by atoms with Gasteiger partial charge in [0.05, 0.1) is 22.6 Å². The third-order valence-electron chi connectivity index (χ3n) is 15.0. The van der Waals surface area contributed by atoms with E-state index in [1.54, 1.807) is 0 Å². The molecule has 2 aromatic heterocycles. The maximum Gasteiger partial charge on any atom is 0.148 e. The van der Waals surface area contributed by atoms with Gasteiger partial charge in [0, 0.05) is 65.2 Å². The topological polar surface area (TPSA) is 14.7 Å². The van der Waals surface area contributed by atoms with E-state index in [4.69, 9.17) is 0 Å². The van der Waals surface area contributed by atoms with Gasteiger partial charge in [-0.3, -0.25) is 9.47 Å². The highest BCUT2D eigenvalue weighted by Gasteiger charge is 2.38. The molecule has 3 heterocycles. The molecule has 352 valence electrons. The van der Waals surface area contributed by atoms with Gasteiger partial charge in [-0.25, -0.2) is 0 Å². The predicted molar refractivity (Wildman–Crippen MR) is 320 cm³/mol. The van der Waals surface area contributed by atoms with Crippen LogP contribution in [0.15, 0.2) is 279 Å². The number of thiophene rings is 1. The van der Waals surface area contributed by atoms with E-state index in [0.717, 1.165) is 84.8 Å². The quantitative estimate of drug-likeness (QED) is 0.141. The lowest BCUT2D eigenvalue weighted by molar-refractivity contribution is 1.05. The number of para-hydroxylation sites is 5. The van der Waals surface area contributed by atoms with Crippen molar-refractivity contribution in [3.63, 3.8) is 0 Å². The van der Waals surface area contributed by atoms with Crippen LogP contribution >= 0.6 is 11.3 Å². The number of hydrogen-bond acceptors (Lipinski definition) is 4. The molecule has 0 aliphatic carbocycles. The SMILES string of the molecule is c1ccc(N2c3c(-c4cccc(-c5ccc(N(c6ccc7c(ccc8ccccc87)c6)c6ccc7sc8ccccc8c7c6)cc5)c4)cccc3N(c3ccccc3)c3c2c2ccccc2n3-c2ccccc2)cc1. The van der Waals surface area contributed by atoms with Crippen molar-refractivity contribution in [2.75, 3.05) is 14.7 Å². The van der Waals surface area contributed by atoms with Crippen LogP contribution in [0.2, 0.25) is 0 Å². The number of aromatic nitrogens is 1. The lowest BCUT2D eigenvalue weighted by atomic mass is 9.94. The molecule has 0 atom stereocenters. The second-order valence-corrected chi connectivity index (χ2v) is 20.4. The minimum absolute atomic E-state index is 1.09. The Morgan fingerprint density at radius 3 is 1.69 bits per heavy atom. The molecular weight excluding hydrogens is 929 g/mol. The Hall–Kier alpha value is -9.68. The summed E-state index contributed by atoms with van der Waals surface area (Å²) in [4.78, 5) is 7.38. The Labute approximate surface area is 439 Å². The third-order valence-corrected chi connectivity index (χ3v) is 16.2. The highest BCUT2D eigenvalue weighted by molar-refractivity contribution is 7.25. The van der Waals surface area contributed by atoms with Gasteiger partial charge < -0.3 is 9.80 Å². The molecular formula is C70H46N4S. The summed E-state index contributed by atoms with van der Waals surface area (Å²) in [5.41, 5.74) is 15.7. The van der Waals surface area contributed by atoms with Gasteiger partial charge in [0.15, 0.2) is 0 Å². The van der Waals surface area contributed by atoms with Gasteiger partial charge in [0.1, 0.15) is 5.82 Å².